The van der Waals surface area contributed by atoms with Gasteiger partial charge in [0, 0.05) is 25.2 Å². The quantitative estimate of drug-likeness (QED) is 0.633. The molecule has 1 N–H and O–H groups in total. The van der Waals surface area contributed by atoms with Crippen LogP contribution in [0.2, 0.25) is 0 Å². The molecule has 7 heteroatoms. The second kappa shape index (κ2) is 6.35. The van der Waals surface area contributed by atoms with Crippen molar-refractivity contribution in [2.24, 2.45) is 0 Å². The van der Waals surface area contributed by atoms with Gasteiger partial charge in [0.05, 0.1) is 18.6 Å². The third-order valence-electron chi connectivity index (χ3n) is 2.79. The predicted octanol–water partition coefficient (Wildman–Crippen LogP) is 0.971. The van der Waals surface area contributed by atoms with Crippen molar-refractivity contribution in [3.63, 3.8) is 0 Å². The minimum absolute atomic E-state index is 0.0791. The molecule has 1 aromatic carbocycles. The van der Waals surface area contributed by atoms with Crippen LogP contribution in [0.5, 0.6) is 11.5 Å². The molecule has 1 heterocycles. The summed E-state index contributed by atoms with van der Waals surface area (Å²) in [6.07, 6.45) is -0.0976. The first kappa shape index (κ1) is 13.6. The van der Waals surface area contributed by atoms with Gasteiger partial charge in [0.1, 0.15) is 18.5 Å². The molecule has 1 atom stereocenters. The number of hydrogen-bond donors (Lipinski definition) is 1. The zero-order valence-electron chi connectivity index (χ0n) is 10.6. The maximum atomic E-state index is 10.9. The Morgan fingerprint density at radius 3 is 3.05 bits per heavy atom. The summed E-state index contributed by atoms with van der Waals surface area (Å²) >= 11 is 0. The van der Waals surface area contributed by atoms with Gasteiger partial charge in [-0.2, -0.15) is 0 Å². The lowest BCUT2D eigenvalue weighted by molar-refractivity contribution is -0.386. The number of rotatable bonds is 5. The second-order valence-electron chi connectivity index (χ2n) is 4.10. The van der Waals surface area contributed by atoms with E-state index in [0.29, 0.717) is 18.9 Å². The molecule has 7 nitrogen and oxygen atoms in total. The molecular formula is C12H16N2O5. The minimum Gasteiger partial charge on any atom is -0.497 e. The average Bonchev–Trinajstić information content (AvgIpc) is 2.45. The van der Waals surface area contributed by atoms with Crippen LogP contribution in [0.1, 0.15) is 0 Å². The molecule has 104 valence electrons. The van der Waals surface area contributed by atoms with E-state index in [2.05, 4.69) is 5.32 Å². The van der Waals surface area contributed by atoms with Crippen LogP contribution in [-0.2, 0) is 4.74 Å². The van der Waals surface area contributed by atoms with Gasteiger partial charge in [-0.1, -0.05) is 0 Å². The number of hydrogen-bond acceptors (Lipinski definition) is 6. The third kappa shape index (κ3) is 3.55. The van der Waals surface area contributed by atoms with Crippen LogP contribution in [0, 0.1) is 10.1 Å². The fourth-order valence-electron chi connectivity index (χ4n) is 1.80. The van der Waals surface area contributed by atoms with Crippen molar-refractivity contribution >= 4 is 5.69 Å². The Bertz CT molecular complexity index is 446. The Kier molecular flexibility index (Phi) is 4.53. The summed E-state index contributed by atoms with van der Waals surface area (Å²) in [5, 5.41) is 14.1. The maximum absolute atomic E-state index is 10.9. The number of nitrogens with zero attached hydrogens (tertiary/aromatic N) is 1. The molecule has 0 aliphatic carbocycles. The molecule has 1 aliphatic rings. The lowest BCUT2D eigenvalue weighted by Gasteiger charge is -2.23. The molecule has 1 fully saturated rings. The first-order valence-corrected chi connectivity index (χ1v) is 5.98. The fourth-order valence-corrected chi connectivity index (χ4v) is 1.80. The molecule has 1 aromatic rings. The minimum atomic E-state index is -0.477. The van der Waals surface area contributed by atoms with E-state index in [-0.39, 0.29) is 24.1 Å². The van der Waals surface area contributed by atoms with E-state index in [1.54, 1.807) is 0 Å². The Morgan fingerprint density at radius 1 is 1.58 bits per heavy atom. The zero-order chi connectivity index (χ0) is 13.7. The van der Waals surface area contributed by atoms with Crippen LogP contribution in [0.4, 0.5) is 5.69 Å². The maximum Gasteiger partial charge on any atom is 0.311 e. The van der Waals surface area contributed by atoms with Crippen LogP contribution in [-0.4, -0.2) is 44.4 Å². The molecule has 0 amide bonds. The van der Waals surface area contributed by atoms with E-state index in [0.717, 1.165) is 6.54 Å². The van der Waals surface area contributed by atoms with Gasteiger partial charge in [0.15, 0.2) is 0 Å². The van der Waals surface area contributed by atoms with Gasteiger partial charge in [0.25, 0.3) is 0 Å². The van der Waals surface area contributed by atoms with Crippen molar-refractivity contribution < 1.29 is 19.1 Å². The lowest BCUT2D eigenvalue weighted by atomic mass is 10.2. The van der Waals surface area contributed by atoms with E-state index in [9.17, 15) is 10.1 Å². The van der Waals surface area contributed by atoms with Gasteiger partial charge in [-0.3, -0.25) is 10.1 Å². The SMILES string of the molecule is COc1ccc([N+](=O)[O-])c(OCC2CNCCO2)c1. The molecule has 0 bridgehead atoms. The van der Waals surface area contributed by atoms with Gasteiger partial charge < -0.3 is 19.5 Å². The van der Waals surface area contributed by atoms with Crippen LogP contribution in [0.25, 0.3) is 0 Å². The number of nitrogens with one attached hydrogen (secondary N) is 1. The second-order valence-corrected chi connectivity index (χ2v) is 4.10. The van der Waals surface area contributed by atoms with Gasteiger partial charge in [-0.25, -0.2) is 0 Å². The summed E-state index contributed by atoms with van der Waals surface area (Å²) < 4.78 is 16.0. The number of ether oxygens (including phenoxy) is 3. The zero-order valence-corrected chi connectivity index (χ0v) is 10.6. The van der Waals surface area contributed by atoms with E-state index in [1.807, 2.05) is 0 Å². The largest absolute Gasteiger partial charge is 0.497 e. The highest BCUT2D eigenvalue weighted by Gasteiger charge is 2.19. The monoisotopic (exact) mass is 268 g/mol. The highest BCUT2D eigenvalue weighted by Crippen LogP contribution is 2.31. The topological polar surface area (TPSA) is 82.9 Å². The summed E-state index contributed by atoms with van der Waals surface area (Å²) in [7, 11) is 1.50. The molecule has 1 saturated heterocycles. The molecule has 1 unspecified atom stereocenters. The molecule has 2 rings (SSSR count). The average molecular weight is 268 g/mol. The van der Waals surface area contributed by atoms with Gasteiger partial charge >= 0.3 is 5.69 Å². The molecular weight excluding hydrogens is 252 g/mol. The van der Waals surface area contributed by atoms with Crippen LogP contribution < -0.4 is 14.8 Å². The number of nitro groups is 1. The summed E-state index contributed by atoms with van der Waals surface area (Å²) in [4.78, 5) is 10.4. The molecule has 0 spiro atoms. The highest BCUT2D eigenvalue weighted by molar-refractivity contribution is 5.50. The first-order chi connectivity index (χ1) is 9.20. The summed E-state index contributed by atoms with van der Waals surface area (Å²) in [6.45, 7) is 2.38. The van der Waals surface area contributed by atoms with Crippen molar-refractivity contribution in [2.45, 2.75) is 6.10 Å². The van der Waals surface area contributed by atoms with Gasteiger partial charge in [0.2, 0.25) is 5.75 Å². The highest BCUT2D eigenvalue weighted by atomic mass is 16.6. The Labute approximate surface area is 110 Å². The van der Waals surface area contributed by atoms with E-state index in [1.165, 1.54) is 25.3 Å². The van der Waals surface area contributed by atoms with E-state index < -0.39 is 4.92 Å². The summed E-state index contributed by atoms with van der Waals surface area (Å²) in [6, 6.07) is 4.41. The number of methoxy groups -OCH3 is 1. The number of nitro benzene ring substituents is 1. The van der Waals surface area contributed by atoms with Crippen LogP contribution in [0.3, 0.4) is 0 Å². The van der Waals surface area contributed by atoms with Crippen molar-refractivity contribution in [3.8, 4) is 11.5 Å². The molecule has 0 aromatic heterocycles. The molecule has 0 saturated carbocycles. The fraction of sp³-hybridized carbons (Fsp3) is 0.500. The summed E-state index contributed by atoms with van der Waals surface area (Å²) in [5.74, 6) is 0.710. The van der Waals surface area contributed by atoms with Gasteiger partial charge in [-0.15, -0.1) is 0 Å². The van der Waals surface area contributed by atoms with Crippen molar-refractivity contribution in [1.82, 2.24) is 5.32 Å². The Morgan fingerprint density at radius 2 is 2.42 bits per heavy atom. The third-order valence-corrected chi connectivity index (χ3v) is 2.79. The standard InChI is InChI=1S/C12H16N2O5/c1-17-9-2-3-11(14(15)16)12(6-9)19-8-10-7-13-4-5-18-10/h2-3,6,10,13H,4-5,7-8H2,1H3. The number of benzene rings is 1. The van der Waals surface area contributed by atoms with Crippen molar-refractivity contribution in [1.29, 1.82) is 0 Å². The van der Waals surface area contributed by atoms with Crippen molar-refractivity contribution in [3.05, 3.63) is 28.3 Å². The van der Waals surface area contributed by atoms with Gasteiger partial charge in [-0.05, 0) is 6.07 Å². The molecule has 19 heavy (non-hydrogen) atoms. The molecule has 1 aliphatic heterocycles. The van der Waals surface area contributed by atoms with Crippen LogP contribution in [0.15, 0.2) is 18.2 Å². The van der Waals surface area contributed by atoms with Crippen LogP contribution >= 0.6 is 0 Å². The Balaban J connectivity index is 2.06. The summed E-state index contributed by atoms with van der Waals surface area (Å²) in [5.41, 5.74) is -0.0791. The smallest absolute Gasteiger partial charge is 0.311 e. The van der Waals surface area contributed by atoms with E-state index in [4.69, 9.17) is 14.2 Å². The number of morpholine rings is 1. The lowest BCUT2D eigenvalue weighted by Crippen LogP contribution is -2.41. The Hall–Kier alpha value is -1.86. The predicted molar refractivity (Wildman–Crippen MR) is 67.8 cm³/mol. The normalized spacial score (nSPS) is 18.9. The molecule has 0 radical (unpaired) electrons. The van der Waals surface area contributed by atoms with E-state index >= 15 is 0 Å². The van der Waals surface area contributed by atoms with Crippen molar-refractivity contribution in [2.75, 3.05) is 33.4 Å². The first-order valence-electron chi connectivity index (χ1n) is 5.98.